The first-order valence-corrected chi connectivity index (χ1v) is 5.52. The van der Waals surface area contributed by atoms with Gasteiger partial charge in [-0.3, -0.25) is 0 Å². The molecule has 3 heteroatoms. The van der Waals surface area contributed by atoms with E-state index >= 15 is 0 Å². The van der Waals surface area contributed by atoms with Crippen LogP contribution >= 0.6 is 11.6 Å². The molecule has 1 fully saturated rings. The third kappa shape index (κ3) is 1.22. The molecule has 0 aliphatic heterocycles. The summed E-state index contributed by atoms with van der Waals surface area (Å²) < 4.78 is 0. The Hall–Kier alpha value is -0.990. The molecule has 15 heavy (non-hydrogen) atoms. The predicted molar refractivity (Wildman–Crippen MR) is 61.3 cm³/mol. The van der Waals surface area contributed by atoms with Crippen molar-refractivity contribution >= 4 is 22.5 Å². The van der Waals surface area contributed by atoms with E-state index in [2.05, 4.69) is 4.98 Å². The fraction of sp³-hybridized carbons (Fsp3) is 0.333. The zero-order valence-corrected chi connectivity index (χ0v) is 9.01. The molecule has 0 radical (unpaired) electrons. The van der Waals surface area contributed by atoms with E-state index < -0.39 is 0 Å². The summed E-state index contributed by atoms with van der Waals surface area (Å²) in [6.07, 6.45) is 4.10. The van der Waals surface area contributed by atoms with Crippen molar-refractivity contribution in [3.63, 3.8) is 0 Å². The number of benzene rings is 1. The van der Waals surface area contributed by atoms with Crippen molar-refractivity contribution in [2.45, 2.75) is 18.3 Å². The average molecular weight is 222 g/mol. The van der Waals surface area contributed by atoms with Gasteiger partial charge in [-0.15, -0.1) is 0 Å². The first-order chi connectivity index (χ1) is 7.27. The van der Waals surface area contributed by atoms with Crippen molar-refractivity contribution in [2.75, 3.05) is 6.61 Å². The number of nitrogens with one attached hydrogen (secondary N) is 1. The van der Waals surface area contributed by atoms with Crippen LogP contribution in [-0.2, 0) is 5.41 Å². The number of H-pyrrole nitrogens is 1. The Bertz CT molecular complexity index is 513. The molecule has 0 spiro atoms. The number of hydrogen-bond donors (Lipinski definition) is 2. The molecular formula is C12H12ClNO. The number of fused-ring (bicyclic) bond motifs is 1. The number of halogens is 1. The Balaban J connectivity index is 2.28. The second kappa shape index (κ2) is 3.00. The Morgan fingerprint density at radius 3 is 2.87 bits per heavy atom. The number of aromatic nitrogens is 1. The second-order valence-electron chi connectivity index (χ2n) is 4.30. The van der Waals surface area contributed by atoms with Crippen LogP contribution in [0.5, 0.6) is 0 Å². The molecule has 1 saturated carbocycles. The van der Waals surface area contributed by atoms with E-state index in [0.29, 0.717) is 0 Å². The maximum Gasteiger partial charge on any atom is 0.0528 e. The summed E-state index contributed by atoms with van der Waals surface area (Å²) in [6, 6.07) is 5.84. The molecule has 2 aromatic rings. The summed E-state index contributed by atoms with van der Waals surface area (Å²) in [6.45, 7) is 0.213. The average Bonchev–Trinajstić information content (AvgIpc) is 2.92. The van der Waals surface area contributed by atoms with Crippen LogP contribution in [0.1, 0.15) is 18.4 Å². The van der Waals surface area contributed by atoms with Crippen LogP contribution in [0.2, 0.25) is 5.02 Å². The maximum atomic E-state index is 9.42. The van der Waals surface area contributed by atoms with E-state index in [-0.39, 0.29) is 12.0 Å². The Morgan fingerprint density at radius 1 is 1.40 bits per heavy atom. The van der Waals surface area contributed by atoms with E-state index in [1.807, 2.05) is 24.4 Å². The van der Waals surface area contributed by atoms with Gasteiger partial charge in [-0.05, 0) is 30.5 Å². The molecule has 0 atom stereocenters. The molecule has 1 heterocycles. The quantitative estimate of drug-likeness (QED) is 0.804. The van der Waals surface area contributed by atoms with E-state index in [1.54, 1.807) is 0 Å². The van der Waals surface area contributed by atoms with Crippen LogP contribution < -0.4 is 0 Å². The SMILES string of the molecule is OCC1(c2c[nH]c3cccc(Cl)c23)CC1. The molecule has 3 rings (SSSR count). The highest BCUT2D eigenvalue weighted by molar-refractivity contribution is 6.35. The monoisotopic (exact) mass is 221 g/mol. The third-order valence-corrected chi connectivity index (χ3v) is 3.70. The fourth-order valence-electron chi connectivity index (χ4n) is 2.22. The lowest BCUT2D eigenvalue weighted by Crippen LogP contribution is -2.10. The summed E-state index contributed by atoms with van der Waals surface area (Å²) >= 11 is 6.19. The van der Waals surface area contributed by atoms with Crippen molar-refractivity contribution in [1.29, 1.82) is 0 Å². The van der Waals surface area contributed by atoms with Gasteiger partial charge in [0.2, 0.25) is 0 Å². The van der Waals surface area contributed by atoms with Crippen molar-refractivity contribution in [3.8, 4) is 0 Å². The highest BCUT2D eigenvalue weighted by Gasteiger charge is 2.45. The lowest BCUT2D eigenvalue weighted by atomic mass is 9.96. The Morgan fingerprint density at radius 2 is 2.20 bits per heavy atom. The lowest BCUT2D eigenvalue weighted by molar-refractivity contribution is 0.256. The number of aliphatic hydroxyl groups is 1. The number of aromatic amines is 1. The molecule has 1 aromatic carbocycles. The highest BCUT2D eigenvalue weighted by atomic mass is 35.5. The van der Waals surface area contributed by atoms with E-state index in [9.17, 15) is 5.11 Å². The van der Waals surface area contributed by atoms with Gasteiger partial charge >= 0.3 is 0 Å². The largest absolute Gasteiger partial charge is 0.395 e. The molecule has 2 N–H and O–H groups in total. The summed E-state index contributed by atoms with van der Waals surface area (Å²) in [5, 5.41) is 11.3. The van der Waals surface area contributed by atoms with Gasteiger partial charge in [-0.2, -0.15) is 0 Å². The maximum absolute atomic E-state index is 9.42. The third-order valence-electron chi connectivity index (χ3n) is 3.38. The van der Waals surface area contributed by atoms with Gasteiger partial charge in [0.1, 0.15) is 0 Å². The van der Waals surface area contributed by atoms with Gasteiger partial charge in [0.25, 0.3) is 0 Å². The first-order valence-electron chi connectivity index (χ1n) is 5.14. The normalized spacial score (nSPS) is 18.3. The van der Waals surface area contributed by atoms with Crippen LogP contribution in [0.4, 0.5) is 0 Å². The van der Waals surface area contributed by atoms with Gasteiger partial charge in [0, 0.05) is 22.5 Å². The van der Waals surface area contributed by atoms with Crippen molar-refractivity contribution < 1.29 is 5.11 Å². The van der Waals surface area contributed by atoms with Gasteiger partial charge < -0.3 is 10.1 Å². The minimum absolute atomic E-state index is 0.0246. The molecule has 0 saturated heterocycles. The molecule has 1 aliphatic carbocycles. The molecule has 2 nitrogen and oxygen atoms in total. The number of rotatable bonds is 2. The fourth-order valence-corrected chi connectivity index (χ4v) is 2.50. The lowest BCUT2D eigenvalue weighted by Gasteiger charge is -2.10. The van der Waals surface area contributed by atoms with Crippen LogP contribution in [0.3, 0.4) is 0 Å². The second-order valence-corrected chi connectivity index (χ2v) is 4.71. The summed E-state index contributed by atoms with van der Waals surface area (Å²) in [7, 11) is 0. The van der Waals surface area contributed by atoms with Gasteiger partial charge in [-0.1, -0.05) is 17.7 Å². The zero-order valence-electron chi connectivity index (χ0n) is 8.26. The van der Waals surface area contributed by atoms with Crippen molar-refractivity contribution in [3.05, 3.63) is 35.0 Å². The smallest absolute Gasteiger partial charge is 0.0528 e. The zero-order chi connectivity index (χ0) is 10.5. The predicted octanol–water partition coefficient (Wildman–Crippen LogP) is 2.85. The van der Waals surface area contributed by atoms with Gasteiger partial charge in [0.05, 0.1) is 11.6 Å². The topological polar surface area (TPSA) is 36.0 Å². The highest BCUT2D eigenvalue weighted by Crippen LogP contribution is 2.50. The summed E-state index contributed by atoms with van der Waals surface area (Å²) in [4.78, 5) is 3.21. The molecule has 0 amide bonds. The molecular weight excluding hydrogens is 210 g/mol. The van der Waals surface area contributed by atoms with Crippen molar-refractivity contribution in [1.82, 2.24) is 4.98 Å². The molecule has 78 valence electrons. The van der Waals surface area contributed by atoms with Crippen molar-refractivity contribution in [2.24, 2.45) is 0 Å². The van der Waals surface area contributed by atoms with Gasteiger partial charge in [-0.25, -0.2) is 0 Å². The molecule has 1 aliphatic rings. The first kappa shape index (κ1) is 9.25. The molecule has 1 aromatic heterocycles. The summed E-state index contributed by atoms with van der Waals surface area (Å²) in [5.41, 5.74) is 2.20. The number of aliphatic hydroxyl groups excluding tert-OH is 1. The van der Waals surface area contributed by atoms with Crippen LogP contribution in [0.25, 0.3) is 10.9 Å². The van der Waals surface area contributed by atoms with E-state index in [1.165, 1.54) is 5.56 Å². The Kier molecular flexibility index (Phi) is 1.85. The molecule has 0 bridgehead atoms. The standard InChI is InChI=1S/C12H12ClNO/c13-9-2-1-3-10-11(9)8(6-14-10)12(7-15)4-5-12/h1-3,6,14-15H,4-5,7H2. The Labute approximate surface area is 92.9 Å². The van der Waals surface area contributed by atoms with Crippen LogP contribution in [0, 0.1) is 0 Å². The molecule has 0 unspecified atom stereocenters. The minimum atomic E-state index is -0.0246. The van der Waals surface area contributed by atoms with Gasteiger partial charge in [0.15, 0.2) is 0 Å². The summed E-state index contributed by atoms with van der Waals surface area (Å²) in [5.74, 6) is 0. The van der Waals surface area contributed by atoms with Crippen LogP contribution in [-0.4, -0.2) is 16.7 Å². The minimum Gasteiger partial charge on any atom is -0.395 e. The van der Waals surface area contributed by atoms with E-state index in [4.69, 9.17) is 11.6 Å². The van der Waals surface area contributed by atoms with Crippen LogP contribution in [0.15, 0.2) is 24.4 Å². The van der Waals surface area contributed by atoms with E-state index in [0.717, 1.165) is 28.8 Å². The number of hydrogen-bond acceptors (Lipinski definition) is 1.